The van der Waals surface area contributed by atoms with Gasteiger partial charge in [0.15, 0.2) is 0 Å². The molecule has 6 nitrogen and oxygen atoms in total. The monoisotopic (exact) mass is 448 g/mol. The number of carbonyl (C=O) groups excluding carboxylic acids is 2. The molecule has 2 aromatic heterocycles. The van der Waals surface area contributed by atoms with Crippen molar-refractivity contribution in [3.63, 3.8) is 0 Å². The van der Waals surface area contributed by atoms with E-state index in [2.05, 4.69) is 5.32 Å². The molecule has 7 heteroatoms. The number of rotatable bonds is 5. The predicted molar refractivity (Wildman–Crippen MR) is 125 cm³/mol. The normalized spacial score (nSPS) is 21.4. The topological polar surface area (TPSA) is 67.2 Å². The summed E-state index contributed by atoms with van der Waals surface area (Å²) in [6, 6.07) is 15.9. The summed E-state index contributed by atoms with van der Waals surface area (Å²) in [4.78, 5) is 30.1. The first-order valence-corrected chi connectivity index (χ1v) is 12.2. The second kappa shape index (κ2) is 8.54. The van der Waals surface area contributed by atoms with Crippen molar-refractivity contribution in [1.82, 2.24) is 20.0 Å². The van der Waals surface area contributed by atoms with Crippen molar-refractivity contribution >= 4 is 23.2 Å². The van der Waals surface area contributed by atoms with Crippen LogP contribution < -0.4 is 5.32 Å². The Labute approximate surface area is 192 Å². The number of thiophene rings is 1. The van der Waals surface area contributed by atoms with E-state index in [0.29, 0.717) is 18.8 Å². The molecule has 1 saturated carbocycles. The summed E-state index contributed by atoms with van der Waals surface area (Å²) in [6.07, 6.45) is 5.52. The second-order valence-corrected chi connectivity index (χ2v) is 9.96. The van der Waals surface area contributed by atoms with E-state index < -0.39 is 5.54 Å². The molecule has 1 N–H and O–H groups in total. The van der Waals surface area contributed by atoms with Gasteiger partial charge >= 0.3 is 0 Å². The lowest BCUT2D eigenvalue weighted by atomic mass is 9.91. The van der Waals surface area contributed by atoms with Gasteiger partial charge in [0.05, 0.1) is 11.4 Å². The molecule has 1 atom stereocenters. The third kappa shape index (κ3) is 3.86. The lowest BCUT2D eigenvalue weighted by molar-refractivity contribution is -0.134. The van der Waals surface area contributed by atoms with Crippen LogP contribution in [-0.2, 0) is 17.9 Å². The maximum Gasteiger partial charge on any atom is 0.273 e. The van der Waals surface area contributed by atoms with Crippen LogP contribution in [0, 0.1) is 0 Å². The van der Waals surface area contributed by atoms with Gasteiger partial charge in [-0.1, -0.05) is 55.7 Å². The zero-order valence-electron chi connectivity index (χ0n) is 18.3. The highest BCUT2D eigenvalue weighted by molar-refractivity contribution is 7.13. The van der Waals surface area contributed by atoms with E-state index in [1.54, 1.807) is 20.9 Å². The molecule has 0 unspecified atom stereocenters. The zero-order valence-corrected chi connectivity index (χ0v) is 19.1. The smallest absolute Gasteiger partial charge is 0.273 e. The number of nitrogens with zero attached hydrogens (tertiary/aromatic N) is 3. The summed E-state index contributed by atoms with van der Waals surface area (Å²) in [6.45, 7) is 2.60. The first kappa shape index (κ1) is 20.9. The number of fused-ring (bicyclic) bond motifs is 1. The van der Waals surface area contributed by atoms with E-state index in [1.807, 2.05) is 60.8 Å². The van der Waals surface area contributed by atoms with E-state index in [-0.39, 0.29) is 17.9 Å². The zero-order chi connectivity index (χ0) is 22.1. The molecular weight excluding hydrogens is 420 g/mol. The SMILES string of the molecule is C[C@@]1(C(=O)NC2CCCCC2)Cn2nc(-c3cccs3)cc2C(=O)N1Cc1ccccc1. The van der Waals surface area contributed by atoms with Crippen LogP contribution in [0.3, 0.4) is 0 Å². The highest BCUT2D eigenvalue weighted by Gasteiger charge is 2.48. The first-order valence-electron chi connectivity index (χ1n) is 11.3. The molecular formula is C25H28N4O2S. The molecule has 3 heterocycles. The fraction of sp³-hybridized carbons (Fsp3) is 0.400. The Hall–Kier alpha value is -2.93. The van der Waals surface area contributed by atoms with Crippen molar-refractivity contribution in [1.29, 1.82) is 0 Å². The minimum atomic E-state index is -1.02. The lowest BCUT2D eigenvalue weighted by Gasteiger charge is -2.44. The number of nitrogens with one attached hydrogen (secondary N) is 1. The van der Waals surface area contributed by atoms with Gasteiger partial charge in [0.25, 0.3) is 5.91 Å². The molecule has 1 aliphatic heterocycles. The minimum Gasteiger partial charge on any atom is -0.351 e. The summed E-state index contributed by atoms with van der Waals surface area (Å²) < 4.78 is 1.72. The van der Waals surface area contributed by atoms with E-state index in [9.17, 15) is 9.59 Å². The van der Waals surface area contributed by atoms with E-state index in [0.717, 1.165) is 41.8 Å². The fourth-order valence-corrected chi connectivity index (χ4v) is 5.47. The molecule has 1 aliphatic carbocycles. The first-order chi connectivity index (χ1) is 15.5. The average molecular weight is 449 g/mol. The van der Waals surface area contributed by atoms with Gasteiger partial charge in [-0.25, -0.2) is 0 Å². The van der Waals surface area contributed by atoms with Crippen LogP contribution in [0.4, 0.5) is 0 Å². The molecule has 5 rings (SSSR count). The Morgan fingerprint density at radius 3 is 2.66 bits per heavy atom. The molecule has 32 heavy (non-hydrogen) atoms. The van der Waals surface area contributed by atoms with Crippen LogP contribution in [0.1, 0.15) is 55.1 Å². The third-order valence-electron chi connectivity index (χ3n) is 6.68. The average Bonchev–Trinajstić information content (AvgIpc) is 3.48. The van der Waals surface area contributed by atoms with Gasteiger partial charge in [-0.05, 0) is 42.8 Å². The number of hydrogen-bond acceptors (Lipinski definition) is 4. The summed E-state index contributed by atoms with van der Waals surface area (Å²) in [5.41, 5.74) is 1.30. The Bertz CT molecular complexity index is 1100. The lowest BCUT2D eigenvalue weighted by Crippen LogP contribution is -2.64. The van der Waals surface area contributed by atoms with E-state index >= 15 is 0 Å². The highest BCUT2D eigenvalue weighted by atomic mass is 32.1. The Kier molecular flexibility index (Phi) is 5.59. The van der Waals surface area contributed by atoms with Crippen molar-refractivity contribution in [2.45, 2.75) is 63.7 Å². The van der Waals surface area contributed by atoms with Gasteiger partial charge in [-0.15, -0.1) is 11.3 Å². The Balaban J connectivity index is 1.50. The number of carbonyl (C=O) groups is 2. The second-order valence-electron chi connectivity index (χ2n) is 9.01. The van der Waals surface area contributed by atoms with Gasteiger partial charge < -0.3 is 10.2 Å². The summed E-state index contributed by atoms with van der Waals surface area (Å²) in [5, 5.41) is 9.97. The predicted octanol–water partition coefficient (Wildman–Crippen LogP) is 4.48. The van der Waals surface area contributed by atoms with Crippen LogP contribution >= 0.6 is 11.3 Å². The maximum atomic E-state index is 13.7. The summed E-state index contributed by atoms with van der Waals surface area (Å²) >= 11 is 1.59. The van der Waals surface area contributed by atoms with Crippen molar-refractivity contribution in [3.05, 3.63) is 65.2 Å². The van der Waals surface area contributed by atoms with E-state index in [4.69, 9.17) is 5.10 Å². The minimum absolute atomic E-state index is 0.0903. The van der Waals surface area contributed by atoms with Crippen LogP contribution in [0.25, 0.3) is 10.6 Å². The molecule has 0 saturated heterocycles. The van der Waals surface area contributed by atoms with Crippen molar-refractivity contribution < 1.29 is 9.59 Å². The van der Waals surface area contributed by atoms with E-state index in [1.165, 1.54) is 6.42 Å². The molecule has 2 aliphatic rings. The quantitative estimate of drug-likeness (QED) is 0.626. The molecule has 1 aromatic carbocycles. The van der Waals surface area contributed by atoms with Crippen molar-refractivity contribution in [3.8, 4) is 10.6 Å². The largest absolute Gasteiger partial charge is 0.351 e. The van der Waals surface area contributed by atoms with Crippen molar-refractivity contribution in [2.75, 3.05) is 0 Å². The van der Waals surface area contributed by atoms with Crippen LogP contribution in [0.15, 0.2) is 53.9 Å². The molecule has 0 bridgehead atoms. The molecule has 2 amide bonds. The van der Waals surface area contributed by atoms with Crippen LogP contribution in [-0.4, -0.2) is 38.1 Å². The van der Waals surface area contributed by atoms with Gasteiger partial charge in [-0.3, -0.25) is 14.3 Å². The number of benzene rings is 1. The summed E-state index contributed by atoms with van der Waals surface area (Å²) in [5.74, 6) is -0.246. The number of hydrogen-bond donors (Lipinski definition) is 1. The molecule has 3 aromatic rings. The Morgan fingerprint density at radius 2 is 1.94 bits per heavy atom. The molecule has 0 radical (unpaired) electrons. The molecule has 166 valence electrons. The maximum absolute atomic E-state index is 13.7. The van der Waals surface area contributed by atoms with Crippen LogP contribution in [0.5, 0.6) is 0 Å². The third-order valence-corrected chi connectivity index (χ3v) is 7.58. The standard InChI is InChI=1S/C25H28N4O2S/c1-25(24(31)26-19-11-6-3-7-12-19)17-29-21(15-20(27-29)22-13-8-14-32-22)23(30)28(25)16-18-9-4-2-5-10-18/h2,4-5,8-10,13-15,19H,3,6-7,11-12,16-17H2,1H3,(H,26,31)/t25-/m0/s1. The number of amides is 2. The molecule has 1 fully saturated rings. The van der Waals surface area contributed by atoms with Crippen molar-refractivity contribution in [2.24, 2.45) is 0 Å². The Morgan fingerprint density at radius 1 is 1.16 bits per heavy atom. The summed E-state index contributed by atoms with van der Waals surface area (Å²) in [7, 11) is 0. The van der Waals surface area contributed by atoms with Gasteiger partial charge in [0.1, 0.15) is 16.9 Å². The molecule has 0 spiro atoms. The highest BCUT2D eigenvalue weighted by Crippen LogP contribution is 2.33. The van der Waals surface area contributed by atoms with Gasteiger partial charge in [-0.2, -0.15) is 5.10 Å². The fourth-order valence-electron chi connectivity index (χ4n) is 4.79. The van der Waals surface area contributed by atoms with Gasteiger partial charge in [0, 0.05) is 12.6 Å². The van der Waals surface area contributed by atoms with Gasteiger partial charge in [0.2, 0.25) is 5.91 Å². The number of aromatic nitrogens is 2. The van der Waals surface area contributed by atoms with Crippen LogP contribution in [0.2, 0.25) is 0 Å².